The van der Waals surface area contributed by atoms with Crippen molar-refractivity contribution in [2.45, 2.75) is 25.7 Å². The number of sulfonamides is 1. The summed E-state index contributed by atoms with van der Waals surface area (Å²) in [6.07, 6.45) is 0. The zero-order valence-corrected chi connectivity index (χ0v) is 15.6. The van der Waals surface area contributed by atoms with Gasteiger partial charge in [0.05, 0.1) is 4.90 Å². The van der Waals surface area contributed by atoms with Gasteiger partial charge in [-0.3, -0.25) is 0 Å². The zero-order valence-electron chi connectivity index (χ0n) is 14.0. The van der Waals surface area contributed by atoms with Gasteiger partial charge in [0.25, 0.3) is 0 Å². The number of hydrogen-bond acceptors (Lipinski definition) is 3. The summed E-state index contributed by atoms with van der Waals surface area (Å²) in [6.45, 7) is 10.9. The lowest BCUT2D eigenvalue weighted by molar-refractivity contribution is -0.0473. The first-order chi connectivity index (χ1) is 10.7. The minimum absolute atomic E-state index is 0.187. The number of hydrogen-bond donors (Lipinski definition) is 0. The SMILES string of the molecule is CCN1CC2CN(S(=O)(=O)c3cccc(Cl)c3)CC(C1)C2(C)C. The van der Waals surface area contributed by atoms with E-state index in [9.17, 15) is 8.42 Å². The van der Waals surface area contributed by atoms with Crippen molar-refractivity contribution in [3.05, 3.63) is 29.3 Å². The van der Waals surface area contributed by atoms with Crippen molar-refractivity contribution in [1.82, 2.24) is 9.21 Å². The van der Waals surface area contributed by atoms with E-state index < -0.39 is 10.0 Å². The van der Waals surface area contributed by atoms with Gasteiger partial charge in [-0.05, 0) is 42.0 Å². The molecule has 4 nitrogen and oxygen atoms in total. The van der Waals surface area contributed by atoms with E-state index >= 15 is 0 Å². The first kappa shape index (κ1) is 17.2. The van der Waals surface area contributed by atoms with E-state index in [-0.39, 0.29) is 5.41 Å². The molecule has 2 saturated heterocycles. The van der Waals surface area contributed by atoms with Crippen LogP contribution in [0.25, 0.3) is 0 Å². The van der Waals surface area contributed by atoms with E-state index in [1.807, 2.05) is 0 Å². The first-order valence-electron chi connectivity index (χ1n) is 8.23. The second kappa shape index (κ2) is 6.03. The van der Waals surface area contributed by atoms with Crippen LogP contribution in [0.3, 0.4) is 0 Å². The lowest BCUT2D eigenvalue weighted by Crippen LogP contribution is -2.62. The molecule has 2 aliphatic rings. The standard InChI is InChI=1S/C17H25ClN2O2S/c1-4-19-9-13-11-20(12-14(10-19)17(13,2)3)23(21,22)16-7-5-6-15(18)8-16/h5-8,13-14H,4,9-12H2,1-3H3. The van der Waals surface area contributed by atoms with Gasteiger partial charge >= 0.3 is 0 Å². The Morgan fingerprint density at radius 1 is 1.17 bits per heavy atom. The molecular weight excluding hydrogens is 332 g/mol. The molecule has 0 aromatic heterocycles. The second-order valence-electron chi connectivity index (χ2n) is 7.35. The Morgan fingerprint density at radius 2 is 1.78 bits per heavy atom. The smallest absolute Gasteiger partial charge is 0.243 e. The molecule has 2 atom stereocenters. The Balaban J connectivity index is 1.89. The quantitative estimate of drug-likeness (QED) is 0.836. The molecule has 1 aromatic rings. The third kappa shape index (κ3) is 3.04. The van der Waals surface area contributed by atoms with E-state index in [4.69, 9.17) is 11.6 Å². The Bertz CT molecular complexity index is 672. The molecule has 1 aromatic carbocycles. The van der Waals surface area contributed by atoms with Gasteiger partial charge in [-0.15, -0.1) is 0 Å². The molecule has 0 saturated carbocycles. The summed E-state index contributed by atoms with van der Waals surface area (Å²) >= 11 is 5.98. The summed E-state index contributed by atoms with van der Waals surface area (Å²) in [6, 6.07) is 6.58. The predicted octanol–water partition coefficient (Wildman–Crippen LogP) is 2.94. The maximum Gasteiger partial charge on any atom is 0.243 e. The van der Waals surface area contributed by atoms with Crippen LogP contribution in [0.5, 0.6) is 0 Å². The largest absolute Gasteiger partial charge is 0.303 e. The molecule has 0 amide bonds. The highest BCUT2D eigenvalue weighted by atomic mass is 35.5. The molecule has 23 heavy (non-hydrogen) atoms. The fourth-order valence-electron chi connectivity index (χ4n) is 3.88. The number of likely N-dealkylation sites (tertiary alicyclic amines) is 1. The van der Waals surface area contributed by atoms with Crippen LogP contribution in [-0.2, 0) is 10.0 Å². The van der Waals surface area contributed by atoms with Crippen molar-refractivity contribution in [3.63, 3.8) is 0 Å². The van der Waals surface area contributed by atoms with Crippen LogP contribution in [0.1, 0.15) is 20.8 Å². The average Bonchev–Trinajstić information content (AvgIpc) is 2.46. The maximum atomic E-state index is 13.0. The fraction of sp³-hybridized carbons (Fsp3) is 0.647. The molecule has 0 radical (unpaired) electrons. The molecule has 0 N–H and O–H groups in total. The van der Waals surface area contributed by atoms with Crippen LogP contribution < -0.4 is 0 Å². The number of fused-ring (bicyclic) bond motifs is 2. The molecule has 2 heterocycles. The van der Waals surface area contributed by atoms with Crippen molar-refractivity contribution >= 4 is 21.6 Å². The molecule has 2 unspecified atom stereocenters. The minimum Gasteiger partial charge on any atom is -0.303 e. The van der Waals surface area contributed by atoms with Gasteiger partial charge in [-0.2, -0.15) is 4.31 Å². The van der Waals surface area contributed by atoms with Crippen molar-refractivity contribution in [1.29, 1.82) is 0 Å². The molecule has 0 spiro atoms. The molecule has 2 bridgehead atoms. The first-order valence-corrected chi connectivity index (χ1v) is 10.0. The highest BCUT2D eigenvalue weighted by Crippen LogP contribution is 2.45. The molecule has 6 heteroatoms. The summed E-state index contributed by atoms with van der Waals surface area (Å²) in [5.74, 6) is 0.729. The van der Waals surface area contributed by atoms with Crippen LogP contribution in [0.2, 0.25) is 5.02 Å². The lowest BCUT2D eigenvalue weighted by atomic mass is 9.64. The normalized spacial score (nSPS) is 28.7. The molecule has 2 fully saturated rings. The Kier molecular flexibility index (Phi) is 4.51. The van der Waals surface area contributed by atoms with Gasteiger partial charge in [0.2, 0.25) is 10.0 Å². The number of halogens is 1. The molecule has 3 rings (SSSR count). The molecule has 2 aliphatic heterocycles. The van der Waals surface area contributed by atoms with Crippen LogP contribution in [0, 0.1) is 17.3 Å². The van der Waals surface area contributed by atoms with Crippen LogP contribution in [-0.4, -0.2) is 50.3 Å². The van der Waals surface area contributed by atoms with Crippen LogP contribution in [0.15, 0.2) is 29.2 Å². The second-order valence-corrected chi connectivity index (χ2v) is 9.72. The van der Waals surface area contributed by atoms with Crippen molar-refractivity contribution < 1.29 is 8.42 Å². The average molecular weight is 357 g/mol. The Hall–Kier alpha value is -0.620. The maximum absolute atomic E-state index is 13.0. The summed E-state index contributed by atoms with van der Waals surface area (Å²) in [5.41, 5.74) is 0.187. The van der Waals surface area contributed by atoms with Gasteiger partial charge < -0.3 is 4.90 Å². The van der Waals surface area contributed by atoms with E-state index in [2.05, 4.69) is 25.7 Å². The predicted molar refractivity (Wildman–Crippen MR) is 93.1 cm³/mol. The summed E-state index contributed by atoms with van der Waals surface area (Å²) < 4.78 is 27.6. The highest BCUT2D eigenvalue weighted by Gasteiger charge is 2.49. The Morgan fingerprint density at radius 3 is 2.30 bits per heavy atom. The van der Waals surface area contributed by atoms with Crippen molar-refractivity contribution in [3.8, 4) is 0 Å². The van der Waals surface area contributed by atoms with E-state index in [1.54, 1.807) is 28.6 Å². The number of benzene rings is 1. The fourth-order valence-corrected chi connectivity index (χ4v) is 5.72. The van der Waals surface area contributed by atoms with Crippen molar-refractivity contribution in [2.24, 2.45) is 17.3 Å². The van der Waals surface area contributed by atoms with E-state index in [1.165, 1.54) is 0 Å². The van der Waals surface area contributed by atoms with Gasteiger partial charge in [0.15, 0.2) is 0 Å². The molecular formula is C17H25ClN2O2S. The summed E-state index contributed by atoms with van der Waals surface area (Å²) in [7, 11) is -3.47. The summed E-state index contributed by atoms with van der Waals surface area (Å²) in [5, 5.41) is 0.459. The minimum atomic E-state index is -3.47. The highest BCUT2D eigenvalue weighted by molar-refractivity contribution is 7.89. The summed E-state index contributed by atoms with van der Waals surface area (Å²) in [4.78, 5) is 2.75. The topological polar surface area (TPSA) is 40.6 Å². The van der Waals surface area contributed by atoms with E-state index in [0.717, 1.165) is 19.6 Å². The van der Waals surface area contributed by atoms with Gasteiger partial charge in [0.1, 0.15) is 0 Å². The third-order valence-electron chi connectivity index (χ3n) is 5.79. The van der Waals surface area contributed by atoms with Crippen LogP contribution in [0.4, 0.5) is 0 Å². The monoisotopic (exact) mass is 356 g/mol. The number of piperidine rings is 2. The third-order valence-corrected chi connectivity index (χ3v) is 7.85. The van der Waals surface area contributed by atoms with Gasteiger partial charge in [-0.25, -0.2) is 8.42 Å². The van der Waals surface area contributed by atoms with Crippen LogP contribution >= 0.6 is 11.6 Å². The lowest BCUT2D eigenvalue weighted by Gasteiger charge is -2.55. The molecule has 0 aliphatic carbocycles. The van der Waals surface area contributed by atoms with E-state index in [0.29, 0.717) is 34.8 Å². The number of rotatable bonds is 3. The molecule has 128 valence electrons. The van der Waals surface area contributed by atoms with Crippen molar-refractivity contribution in [2.75, 3.05) is 32.7 Å². The Labute approximate surface area is 144 Å². The number of nitrogens with zero attached hydrogens (tertiary/aromatic N) is 2. The van der Waals surface area contributed by atoms with Gasteiger partial charge in [0, 0.05) is 31.2 Å². The van der Waals surface area contributed by atoms with Gasteiger partial charge in [-0.1, -0.05) is 38.4 Å². The zero-order chi connectivity index (χ0) is 16.8.